The third kappa shape index (κ3) is 3.80. The molecule has 28 heavy (non-hydrogen) atoms. The Bertz CT molecular complexity index is 1110. The lowest BCUT2D eigenvalue weighted by molar-refractivity contribution is 0.0829. The normalized spacial score (nSPS) is 10.7. The molecule has 0 aromatic carbocycles. The van der Waals surface area contributed by atoms with Crippen LogP contribution in [-0.4, -0.2) is 39.8 Å². The molecule has 0 spiro atoms. The van der Waals surface area contributed by atoms with Gasteiger partial charge in [-0.25, -0.2) is 0 Å². The minimum atomic E-state index is -0.540. The van der Waals surface area contributed by atoms with Gasteiger partial charge in [0.05, 0.1) is 5.69 Å². The molecule has 0 aliphatic heterocycles. The highest BCUT2D eigenvalue weighted by Gasteiger charge is 2.21. The number of hydrogen-bond acceptors (Lipinski definition) is 8. The Morgan fingerprint density at radius 1 is 1.29 bits per heavy atom. The number of carbonyl (C=O) groups is 1. The topological polar surface area (TPSA) is 119 Å². The molecule has 11 heteroatoms. The SMILES string of the molecule is CN(C)C(=O)c1scc(Nc2c(NCc3cccs3)c(=O)n(C)[nH]c2=O)c1O. The number of thiophene rings is 2. The fourth-order valence-corrected chi connectivity index (χ4v) is 4.00. The van der Waals surface area contributed by atoms with E-state index in [-0.39, 0.29) is 33.6 Å². The zero-order valence-corrected chi connectivity index (χ0v) is 17.0. The minimum absolute atomic E-state index is 0.0309. The molecule has 0 aliphatic rings. The van der Waals surface area contributed by atoms with E-state index in [1.165, 1.54) is 28.7 Å². The molecular weight excluding hydrogens is 402 g/mol. The van der Waals surface area contributed by atoms with Crippen LogP contribution in [0.5, 0.6) is 5.75 Å². The van der Waals surface area contributed by atoms with E-state index in [9.17, 15) is 19.5 Å². The summed E-state index contributed by atoms with van der Waals surface area (Å²) in [6, 6.07) is 3.80. The number of nitrogens with zero attached hydrogens (tertiary/aromatic N) is 2. The van der Waals surface area contributed by atoms with Gasteiger partial charge in [0.15, 0.2) is 5.75 Å². The summed E-state index contributed by atoms with van der Waals surface area (Å²) in [5.74, 6) is -0.627. The molecule has 0 fully saturated rings. The Morgan fingerprint density at radius 2 is 2.04 bits per heavy atom. The van der Waals surface area contributed by atoms with Crippen molar-refractivity contribution >= 4 is 45.6 Å². The summed E-state index contributed by atoms with van der Waals surface area (Å²) in [5, 5.41) is 22.0. The number of aromatic nitrogens is 2. The molecule has 1 amide bonds. The van der Waals surface area contributed by atoms with Crippen molar-refractivity contribution in [1.29, 1.82) is 0 Å². The van der Waals surface area contributed by atoms with Crippen molar-refractivity contribution in [2.24, 2.45) is 7.05 Å². The minimum Gasteiger partial charge on any atom is -0.504 e. The maximum atomic E-state index is 12.6. The van der Waals surface area contributed by atoms with E-state index in [2.05, 4.69) is 15.7 Å². The number of carbonyl (C=O) groups excluding carboxylic acids is 1. The van der Waals surface area contributed by atoms with E-state index in [4.69, 9.17) is 0 Å². The summed E-state index contributed by atoms with van der Waals surface area (Å²) >= 11 is 2.56. The van der Waals surface area contributed by atoms with Crippen molar-refractivity contribution < 1.29 is 9.90 Å². The van der Waals surface area contributed by atoms with Crippen LogP contribution in [0, 0.1) is 0 Å². The lowest BCUT2D eigenvalue weighted by Crippen LogP contribution is -2.31. The number of rotatable bonds is 6. The largest absolute Gasteiger partial charge is 0.504 e. The molecule has 9 nitrogen and oxygen atoms in total. The Kier molecular flexibility index (Phi) is 5.56. The second-order valence-corrected chi connectivity index (χ2v) is 8.05. The molecule has 0 saturated carbocycles. The maximum Gasteiger partial charge on any atom is 0.290 e. The summed E-state index contributed by atoms with van der Waals surface area (Å²) in [5.41, 5.74) is -0.754. The van der Waals surface area contributed by atoms with Gasteiger partial charge in [-0.1, -0.05) is 6.07 Å². The highest BCUT2D eigenvalue weighted by atomic mass is 32.1. The highest BCUT2D eigenvalue weighted by Crippen LogP contribution is 2.36. The van der Waals surface area contributed by atoms with Crippen LogP contribution in [0.4, 0.5) is 17.1 Å². The van der Waals surface area contributed by atoms with Gasteiger partial charge in [0.1, 0.15) is 16.3 Å². The van der Waals surface area contributed by atoms with Crippen LogP contribution < -0.4 is 21.8 Å². The van der Waals surface area contributed by atoms with E-state index >= 15 is 0 Å². The number of aryl methyl sites for hydroxylation is 1. The third-order valence-corrected chi connectivity index (χ3v) is 5.74. The molecule has 0 bridgehead atoms. The molecule has 4 N–H and O–H groups in total. The van der Waals surface area contributed by atoms with Crippen LogP contribution in [0.2, 0.25) is 0 Å². The fraction of sp³-hybridized carbons (Fsp3) is 0.235. The lowest BCUT2D eigenvalue weighted by atomic mass is 10.3. The molecule has 3 aromatic rings. The summed E-state index contributed by atoms with van der Waals surface area (Å²) < 4.78 is 1.08. The average molecular weight is 422 g/mol. The van der Waals surface area contributed by atoms with E-state index in [0.717, 1.165) is 20.9 Å². The van der Waals surface area contributed by atoms with Crippen LogP contribution >= 0.6 is 22.7 Å². The van der Waals surface area contributed by atoms with Gasteiger partial charge >= 0.3 is 0 Å². The molecular formula is C17H19N5O4S2. The Hall–Kier alpha value is -3.05. The molecule has 3 rings (SSSR count). The molecule has 148 valence electrons. The van der Waals surface area contributed by atoms with Crippen molar-refractivity contribution in [3.05, 3.63) is 53.4 Å². The van der Waals surface area contributed by atoms with E-state index < -0.39 is 11.1 Å². The lowest BCUT2D eigenvalue weighted by Gasteiger charge is -2.13. The fourth-order valence-electron chi connectivity index (χ4n) is 2.45. The van der Waals surface area contributed by atoms with E-state index in [1.54, 1.807) is 14.1 Å². The van der Waals surface area contributed by atoms with Crippen LogP contribution in [0.15, 0.2) is 32.5 Å². The Balaban J connectivity index is 1.98. The Labute approximate surface area is 167 Å². The first-order valence-corrected chi connectivity index (χ1v) is 9.94. The second kappa shape index (κ2) is 7.90. The van der Waals surface area contributed by atoms with Crippen molar-refractivity contribution in [3.8, 4) is 5.75 Å². The zero-order chi connectivity index (χ0) is 20.4. The predicted octanol–water partition coefficient (Wildman–Crippen LogP) is 1.96. The molecule has 0 saturated heterocycles. The maximum absolute atomic E-state index is 12.6. The summed E-state index contributed by atoms with van der Waals surface area (Å²) in [4.78, 5) is 39.6. The number of H-pyrrole nitrogens is 1. The third-order valence-electron chi connectivity index (χ3n) is 3.91. The average Bonchev–Trinajstić information content (AvgIpc) is 3.29. The first kappa shape index (κ1) is 19.7. The number of anilines is 3. The molecule has 3 aromatic heterocycles. The first-order chi connectivity index (χ1) is 13.3. The first-order valence-electron chi connectivity index (χ1n) is 8.18. The molecule has 3 heterocycles. The number of nitrogens with one attached hydrogen (secondary N) is 3. The summed E-state index contributed by atoms with van der Waals surface area (Å²) in [6.07, 6.45) is 0. The van der Waals surface area contributed by atoms with Crippen molar-refractivity contribution in [3.63, 3.8) is 0 Å². The zero-order valence-electron chi connectivity index (χ0n) is 15.4. The quantitative estimate of drug-likeness (QED) is 0.483. The molecule has 0 radical (unpaired) electrons. The van der Waals surface area contributed by atoms with Gasteiger partial charge in [0, 0.05) is 37.9 Å². The Morgan fingerprint density at radius 3 is 2.68 bits per heavy atom. The van der Waals surface area contributed by atoms with Gasteiger partial charge in [-0.15, -0.1) is 22.7 Å². The van der Waals surface area contributed by atoms with Crippen LogP contribution in [0.1, 0.15) is 14.5 Å². The smallest absolute Gasteiger partial charge is 0.290 e. The number of aromatic hydroxyl groups is 1. The van der Waals surface area contributed by atoms with Crippen LogP contribution in [0.3, 0.4) is 0 Å². The second-order valence-electron chi connectivity index (χ2n) is 6.14. The van der Waals surface area contributed by atoms with Gasteiger partial charge < -0.3 is 20.6 Å². The summed E-state index contributed by atoms with van der Waals surface area (Å²) in [7, 11) is 4.60. The predicted molar refractivity (Wildman–Crippen MR) is 111 cm³/mol. The van der Waals surface area contributed by atoms with Gasteiger partial charge in [0.2, 0.25) is 0 Å². The standard InChI is InChI=1S/C17H19N5O4S2/c1-21(2)17(26)14-13(23)10(8-28-14)19-11-12(16(25)22(3)20-15(11)24)18-7-9-5-4-6-27-9/h4-6,8,18-19,23H,7H2,1-3H3,(H,20,24). The number of amides is 1. The highest BCUT2D eigenvalue weighted by molar-refractivity contribution is 7.13. The number of aromatic amines is 1. The molecule has 0 aliphatic carbocycles. The van der Waals surface area contributed by atoms with Gasteiger partial charge in [-0.05, 0) is 11.4 Å². The van der Waals surface area contributed by atoms with Crippen molar-refractivity contribution in [1.82, 2.24) is 14.7 Å². The molecule has 0 unspecified atom stereocenters. The van der Waals surface area contributed by atoms with Crippen molar-refractivity contribution in [2.45, 2.75) is 6.54 Å². The van der Waals surface area contributed by atoms with Crippen LogP contribution in [-0.2, 0) is 13.6 Å². The van der Waals surface area contributed by atoms with Crippen LogP contribution in [0.25, 0.3) is 0 Å². The van der Waals surface area contributed by atoms with E-state index in [1.807, 2.05) is 17.5 Å². The van der Waals surface area contributed by atoms with Gasteiger partial charge in [-0.3, -0.25) is 24.2 Å². The molecule has 0 atom stereocenters. The van der Waals surface area contributed by atoms with Gasteiger partial charge in [0.25, 0.3) is 17.0 Å². The van der Waals surface area contributed by atoms with Gasteiger partial charge in [-0.2, -0.15) is 0 Å². The number of hydrogen-bond donors (Lipinski definition) is 4. The van der Waals surface area contributed by atoms with E-state index in [0.29, 0.717) is 6.54 Å². The monoisotopic (exact) mass is 421 g/mol. The van der Waals surface area contributed by atoms with Crippen molar-refractivity contribution in [2.75, 3.05) is 24.7 Å². The summed E-state index contributed by atoms with van der Waals surface area (Å²) in [6.45, 7) is 0.366.